The van der Waals surface area contributed by atoms with E-state index in [1.807, 2.05) is 12.1 Å². The number of phenols is 1. The molecule has 2 aromatic carbocycles. The van der Waals surface area contributed by atoms with Gasteiger partial charge in [-0.25, -0.2) is 0 Å². The van der Waals surface area contributed by atoms with Crippen molar-refractivity contribution in [1.82, 2.24) is 0 Å². The second kappa shape index (κ2) is 12.2. The van der Waals surface area contributed by atoms with Crippen molar-refractivity contribution >= 4 is 11.9 Å². The lowest BCUT2D eigenvalue weighted by atomic mass is 9.83. The average Bonchev–Trinajstić information content (AvgIpc) is 3.33. The zero-order chi connectivity index (χ0) is 26.2. The summed E-state index contributed by atoms with van der Waals surface area (Å²) in [7, 11) is 4.45. The fraction of sp³-hybridized carbons (Fsp3) is 0.462. The topological polar surface area (TPSA) is 119 Å². The van der Waals surface area contributed by atoms with Gasteiger partial charge in [-0.2, -0.15) is 0 Å². The van der Waals surface area contributed by atoms with Gasteiger partial charge in [-0.05, 0) is 48.2 Å². The van der Waals surface area contributed by atoms with Crippen molar-refractivity contribution in [2.24, 2.45) is 11.8 Å². The van der Waals surface area contributed by atoms with E-state index in [4.69, 9.17) is 33.2 Å². The minimum Gasteiger partial charge on any atom is -0.502 e. The number of ether oxygens (including phenoxy) is 7. The van der Waals surface area contributed by atoms with Crippen molar-refractivity contribution in [1.29, 1.82) is 0 Å². The molecule has 0 aromatic heterocycles. The van der Waals surface area contributed by atoms with Crippen LogP contribution >= 0.6 is 0 Å². The summed E-state index contributed by atoms with van der Waals surface area (Å²) in [6.07, 6.45) is 0.895. The Hall–Kier alpha value is -3.82. The second-order valence-electron chi connectivity index (χ2n) is 8.41. The van der Waals surface area contributed by atoms with Crippen LogP contribution in [0.3, 0.4) is 0 Å². The molecule has 10 nitrogen and oxygen atoms in total. The third-order valence-corrected chi connectivity index (χ3v) is 5.92. The molecule has 3 rings (SSSR count). The number of carbonyl (C=O) groups excluding carboxylic acids is 2. The smallest absolute Gasteiger partial charge is 0.302 e. The molecule has 1 aliphatic heterocycles. The van der Waals surface area contributed by atoms with E-state index >= 15 is 0 Å². The third kappa shape index (κ3) is 6.65. The van der Waals surface area contributed by atoms with Gasteiger partial charge in [0.05, 0.1) is 34.5 Å². The Morgan fingerprint density at radius 3 is 1.75 bits per heavy atom. The molecule has 0 spiro atoms. The number of rotatable bonds is 12. The van der Waals surface area contributed by atoms with E-state index in [0.717, 1.165) is 11.1 Å². The summed E-state index contributed by atoms with van der Waals surface area (Å²) in [5, 5.41) is 10.3. The first-order valence-electron chi connectivity index (χ1n) is 11.4. The minimum absolute atomic E-state index is 0.0917. The number of methoxy groups -OCH3 is 3. The van der Waals surface area contributed by atoms with E-state index < -0.39 is 11.9 Å². The number of esters is 2. The van der Waals surface area contributed by atoms with Crippen LogP contribution in [0.2, 0.25) is 0 Å². The van der Waals surface area contributed by atoms with Crippen LogP contribution in [0.15, 0.2) is 24.3 Å². The van der Waals surface area contributed by atoms with Crippen LogP contribution in [0.4, 0.5) is 0 Å². The molecule has 0 amide bonds. The summed E-state index contributed by atoms with van der Waals surface area (Å²) < 4.78 is 37.9. The Labute approximate surface area is 210 Å². The van der Waals surface area contributed by atoms with Gasteiger partial charge in [0, 0.05) is 25.7 Å². The van der Waals surface area contributed by atoms with Gasteiger partial charge in [0.2, 0.25) is 18.3 Å². The van der Waals surface area contributed by atoms with Crippen molar-refractivity contribution in [3.8, 4) is 34.5 Å². The maximum absolute atomic E-state index is 11.7. The van der Waals surface area contributed by atoms with Crippen LogP contribution in [0, 0.1) is 11.8 Å². The van der Waals surface area contributed by atoms with E-state index in [9.17, 15) is 14.7 Å². The maximum atomic E-state index is 11.7. The molecule has 1 N–H and O–H groups in total. The number of aromatic hydroxyl groups is 1. The van der Waals surface area contributed by atoms with Crippen molar-refractivity contribution in [2.75, 3.05) is 41.3 Å². The van der Waals surface area contributed by atoms with Gasteiger partial charge in [0.15, 0.2) is 23.0 Å². The van der Waals surface area contributed by atoms with E-state index in [1.54, 1.807) is 19.2 Å². The SMILES string of the molecule is COc1cc(CC(COC(C)=O)C(COC(C)=O)Cc2cc(OC)c3c(c2)OCO3)cc(OC)c1O. The molecule has 0 aliphatic carbocycles. The van der Waals surface area contributed by atoms with E-state index in [-0.39, 0.29) is 49.1 Å². The predicted molar refractivity (Wildman–Crippen MR) is 128 cm³/mol. The van der Waals surface area contributed by atoms with E-state index in [2.05, 4.69) is 0 Å². The number of fused-ring (bicyclic) bond motifs is 1. The Balaban J connectivity index is 1.95. The Bertz CT molecular complexity index is 1020. The van der Waals surface area contributed by atoms with Gasteiger partial charge in [-0.1, -0.05) is 0 Å². The van der Waals surface area contributed by atoms with Crippen molar-refractivity contribution < 1.29 is 47.9 Å². The highest BCUT2D eigenvalue weighted by atomic mass is 16.7. The molecule has 0 saturated carbocycles. The van der Waals surface area contributed by atoms with Crippen LogP contribution in [0.5, 0.6) is 34.5 Å². The summed E-state index contributed by atoms with van der Waals surface area (Å²) in [6.45, 7) is 2.98. The predicted octanol–water partition coefficient (Wildman–Crippen LogP) is 3.29. The Morgan fingerprint density at radius 1 is 0.806 bits per heavy atom. The maximum Gasteiger partial charge on any atom is 0.302 e. The number of phenolic OH excluding ortho intramolecular Hbond substituents is 1. The number of carbonyl (C=O) groups is 2. The van der Waals surface area contributed by atoms with Crippen LogP contribution < -0.4 is 23.7 Å². The molecular weight excluding hydrogens is 472 g/mol. The third-order valence-electron chi connectivity index (χ3n) is 5.92. The second-order valence-corrected chi connectivity index (χ2v) is 8.41. The monoisotopic (exact) mass is 504 g/mol. The molecule has 2 aromatic rings. The molecule has 0 saturated heterocycles. The highest BCUT2D eigenvalue weighted by molar-refractivity contribution is 5.66. The largest absolute Gasteiger partial charge is 0.502 e. The molecule has 10 heteroatoms. The average molecular weight is 505 g/mol. The molecular formula is C26H32O10. The Morgan fingerprint density at radius 2 is 1.28 bits per heavy atom. The molecule has 2 atom stereocenters. The summed E-state index contributed by atoms with van der Waals surface area (Å²) in [6, 6.07) is 7.11. The molecule has 1 heterocycles. The summed E-state index contributed by atoms with van der Waals surface area (Å²) in [4.78, 5) is 23.4. The normalized spacial score (nSPS) is 13.5. The highest BCUT2D eigenvalue weighted by Crippen LogP contribution is 2.43. The fourth-order valence-electron chi connectivity index (χ4n) is 4.15. The minimum atomic E-state index is -0.420. The summed E-state index contributed by atoms with van der Waals surface area (Å²) in [5.74, 6) is 0.713. The highest BCUT2D eigenvalue weighted by Gasteiger charge is 2.28. The molecule has 0 radical (unpaired) electrons. The van der Waals surface area contributed by atoms with Crippen molar-refractivity contribution in [2.45, 2.75) is 26.7 Å². The molecule has 0 bridgehead atoms. The fourth-order valence-corrected chi connectivity index (χ4v) is 4.15. The zero-order valence-electron chi connectivity index (χ0n) is 21.1. The van der Waals surface area contributed by atoms with Gasteiger partial charge < -0.3 is 38.3 Å². The number of hydrogen-bond donors (Lipinski definition) is 1. The molecule has 36 heavy (non-hydrogen) atoms. The molecule has 1 aliphatic rings. The Kier molecular flexibility index (Phi) is 9.10. The molecule has 2 unspecified atom stereocenters. The van der Waals surface area contributed by atoms with Gasteiger partial charge in [0.25, 0.3) is 0 Å². The van der Waals surface area contributed by atoms with Gasteiger partial charge in [-0.15, -0.1) is 0 Å². The van der Waals surface area contributed by atoms with E-state index in [0.29, 0.717) is 30.1 Å². The van der Waals surface area contributed by atoms with Crippen LogP contribution in [-0.4, -0.2) is 58.4 Å². The first-order valence-corrected chi connectivity index (χ1v) is 11.4. The van der Waals surface area contributed by atoms with E-state index in [1.165, 1.54) is 28.1 Å². The standard InChI is InChI=1S/C26H32O10/c1-15(27)33-12-19(6-17-8-21(30-3)25(29)22(9-17)31-4)20(13-34-16(2)28)7-18-10-23(32-5)26-24(11-18)35-14-36-26/h8-11,19-20,29H,6-7,12-14H2,1-5H3. The van der Waals surface area contributed by atoms with Crippen molar-refractivity contribution in [3.63, 3.8) is 0 Å². The van der Waals surface area contributed by atoms with Crippen LogP contribution in [0.1, 0.15) is 25.0 Å². The van der Waals surface area contributed by atoms with Gasteiger partial charge in [-0.3, -0.25) is 9.59 Å². The van der Waals surface area contributed by atoms with Gasteiger partial charge >= 0.3 is 11.9 Å². The first-order chi connectivity index (χ1) is 17.2. The molecule has 0 fully saturated rings. The summed E-state index contributed by atoms with van der Waals surface area (Å²) in [5.41, 5.74) is 1.66. The van der Waals surface area contributed by atoms with Crippen LogP contribution in [0.25, 0.3) is 0 Å². The zero-order valence-corrected chi connectivity index (χ0v) is 21.1. The van der Waals surface area contributed by atoms with Crippen molar-refractivity contribution in [3.05, 3.63) is 35.4 Å². The number of hydrogen-bond acceptors (Lipinski definition) is 10. The number of benzene rings is 2. The van der Waals surface area contributed by atoms with Crippen LogP contribution in [-0.2, 0) is 31.9 Å². The quantitative estimate of drug-likeness (QED) is 0.431. The molecule has 196 valence electrons. The lowest BCUT2D eigenvalue weighted by Crippen LogP contribution is -2.29. The summed E-state index contributed by atoms with van der Waals surface area (Å²) >= 11 is 0. The lowest BCUT2D eigenvalue weighted by molar-refractivity contribution is -0.147. The van der Waals surface area contributed by atoms with Gasteiger partial charge in [0.1, 0.15) is 0 Å². The first kappa shape index (κ1) is 26.8. The lowest BCUT2D eigenvalue weighted by Gasteiger charge is -2.27.